The zero-order valence-corrected chi connectivity index (χ0v) is 25.2. The van der Waals surface area contributed by atoms with Gasteiger partial charge in [0, 0.05) is 12.3 Å². The number of hydrogen-bond donors (Lipinski definition) is 0. The highest BCUT2D eigenvalue weighted by Crippen LogP contribution is 2.89. The molecule has 0 radical (unpaired) electrons. The minimum atomic E-state index is -0.0954. The van der Waals surface area contributed by atoms with Gasteiger partial charge in [-0.05, 0) is 128 Å². The van der Waals surface area contributed by atoms with E-state index in [0.717, 1.165) is 24.2 Å². The molecule has 0 bridgehead atoms. The van der Waals surface area contributed by atoms with Crippen molar-refractivity contribution < 1.29 is 9.53 Å². The summed E-state index contributed by atoms with van der Waals surface area (Å²) >= 11 is 0. The van der Waals surface area contributed by atoms with Crippen LogP contribution in [-0.2, 0) is 9.53 Å². The third kappa shape index (κ3) is 3.36. The van der Waals surface area contributed by atoms with Crippen LogP contribution in [0.1, 0.15) is 133 Å². The lowest BCUT2D eigenvalue weighted by Crippen LogP contribution is -2.58. The Morgan fingerprint density at radius 2 is 1.56 bits per heavy atom. The lowest BCUT2D eigenvalue weighted by Gasteiger charge is -2.63. The number of ether oxygens (including phenoxy) is 1. The van der Waals surface area contributed by atoms with Gasteiger partial charge in [-0.1, -0.05) is 60.6 Å². The molecule has 0 aromatic carbocycles. The molecule has 0 heterocycles. The highest BCUT2D eigenvalue weighted by Gasteiger charge is 2.82. The molecule has 2 nitrogen and oxygen atoms in total. The van der Waals surface area contributed by atoms with Crippen LogP contribution in [0.4, 0.5) is 0 Å². The monoisotopic (exact) mass is 496 g/mol. The van der Waals surface area contributed by atoms with E-state index in [1.54, 1.807) is 6.92 Å². The summed E-state index contributed by atoms with van der Waals surface area (Å²) in [6, 6.07) is 0. The van der Waals surface area contributed by atoms with Crippen LogP contribution in [0.25, 0.3) is 0 Å². The summed E-state index contributed by atoms with van der Waals surface area (Å²) in [6.45, 7) is 25.7. The second-order valence-corrected chi connectivity index (χ2v) is 16.3. The van der Waals surface area contributed by atoms with Gasteiger partial charge < -0.3 is 4.74 Å². The Morgan fingerprint density at radius 1 is 0.917 bits per heavy atom. The second kappa shape index (κ2) is 8.11. The molecule has 9 atom stereocenters. The molecule has 2 spiro atoms. The fourth-order valence-corrected chi connectivity index (χ4v) is 11.7. The number of allylic oxidation sites excluding steroid dienone is 1. The van der Waals surface area contributed by atoms with E-state index in [1.807, 2.05) is 0 Å². The van der Waals surface area contributed by atoms with Gasteiger partial charge in [-0.2, -0.15) is 0 Å². The fourth-order valence-electron chi connectivity index (χ4n) is 11.7. The Bertz CT molecular complexity index is 929. The highest BCUT2D eigenvalue weighted by molar-refractivity contribution is 5.66. The van der Waals surface area contributed by atoms with Crippen molar-refractivity contribution in [2.75, 3.05) is 0 Å². The minimum Gasteiger partial charge on any atom is -0.462 e. The third-order valence-corrected chi connectivity index (χ3v) is 14.5. The molecule has 204 valence electrons. The molecule has 0 aliphatic heterocycles. The van der Waals surface area contributed by atoms with Crippen molar-refractivity contribution in [2.24, 2.45) is 56.2 Å². The molecular weight excluding hydrogens is 440 g/mol. The third-order valence-electron chi connectivity index (χ3n) is 14.5. The average molecular weight is 497 g/mol. The average Bonchev–Trinajstić information content (AvgIpc) is 3.36. The number of carbonyl (C=O) groups excluding carboxylic acids is 1. The zero-order chi connectivity index (χ0) is 26.5. The first-order valence-electron chi connectivity index (χ1n) is 15.4. The van der Waals surface area contributed by atoms with Gasteiger partial charge in [0.15, 0.2) is 0 Å². The smallest absolute Gasteiger partial charge is 0.302 e. The molecule has 5 aliphatic carbocycles. The first kappa shape index (κ1) is 26.8. The van der Waals surface area contributed by atoms with E-state index in [2.05, 4.69) is 62.0 Å². The normalized spacial score (nSPS) is 47.6. The lowest BCUT2D eigenvalue weighted by atomic mass is 9.41. The van der Waals surface area contributed by atoms with Crippen molar-refractivity contribution in [1.82, 2.24) is 0 Å². The molecule has 0 unspecified atom stereocenters. The molecule has 5 aliphatic rings. The number of fused-ring (bicyclic) bond motifs is 2. The molecule has 5 saturated carbocycles. The van der Waals surface area contributed by atoms with E-state index >= 15 is 0 Å². The topological polar surface area (TPSA) is 26.3 Å². The Labute approximate surface area is 222 Å². The van der Waals surface area contributed by atoms with Gasteiger partial charge in [-0.25, -0.2) is 0 Å². The van der Waals surface area contributed by atoms with Crippen molar-refractivity contribution in [2.45, 2.75) is 139 Å². The summed E-state index contributed by atoms with van der Waals surface area (Å²) in [5.74, 6) is 3.18. The number of esters is 1. The number of carbonyl (C=O) groups is 1. The van der Waals surface area contributed by atoms with Crippen LogP contribution in [0.15, 0.2) is 12.2 Å². The predicted molar refractivity (Wildman–Crippen MR) is 149 cm³/mol. The van der Waals surface area contributed by atoms with Gasteiger partial charge >= 0.3 is 5.97 Å². The Morgan fingerprint density at radius 3 is 2.19 bits per heavy atom. The van der Waals surface area contributed by atoms with Crippen molar-refractivity contribution in [3.8, 4) is 0 Å². The summed E-state index contributed by atoms with van der Waals surface area (Å²) in [5, 5.41) is 0. The molecule has 0 saturated heterocycles. The first-order valence-corrected chi connectivity index (χ1v) is 15.4. The Kier molecular flexibility index (Phi) is 6.04. The van der Waals surface area contributed by atoms with Crippen molar-refractivity contribution in [3.63, 3.8) is 0 Å². The molecule has 5 fully saturated rings. The number of rotatable bonds is 6. The van der Waals surface area contributed by atoms with Crippen molar-refractivity contribution >= 4 is 5.97 Å². The summed E-state index contributed by atoms with van der Waals surface area (Å²) in [6.07, 6.45) is 15.0. The van der Waals surface area contributed by atoms with Crippen LogP contribution in [0.2, 0.25) is 0 Å². The molecular formula is C34H56O2. The van der Waals surface area contributed by atoms with E-state index in [-0.39, 0.29) is 22.9 Å². The van der Waals surface area contributed by atoms with E-state index < -0.39 is 0 Å². The minimum absolute atomic E-state index is 0.0954. The van der Waals surface area contributed by atoms with E-state index in [0.29, 0.717) is 27.6 Å². The van der Waals surface area contributed by atoms with E-state index in [4.69, 9.17) is 4.74 Å². The maximum absolute atomic E-state index is 11.9. The lowest BCUT2D eigenvalue weighted by molar-refractivity contribution is -0.181. The predicted octanol–water partition coefficient (Wildman–Crippen LogP) is 9.38. The van der Waals surface area contributed by atoms with Gasteiger partial charge in [-0.3, -0.25) is 4.79 Å². The fraction of sp³-hybridized carbons (Fsp3) is 0.912. The Balaban J connectivity index is 1.37. The summed E-state index contributed by atoms with van der Waals surface area (Å²) in [5.41, 5.74) is 3.75. The standard InChI is InChI=1S/C34H56O2/c1-22(2)29(5,6)16-13-23(3)25-14-17-32(10)27-12-11-26-30(7,8)28(36-24(4)35)15-18-33(26)21-34(27,33)20-19-31(25,32)9/h23,25-28H,1,11-21H2,2-10H3/t23-,25-,26+,27+,28+,31-,32+,33-,34+/m1/s1. The van der Waals surface area contributed by atoms with Crippen LogP contribution in [0.5, 0.6) is 0 Å². The summed E-state index contributed by atoms with van der Waals surface area (Å²) in [7, 11) is 0. The molecule has 2 heteroatoms. The van der Waals surface area contributed by atoms with Crippen LogP contribution >= 0.6 is 0 Å². The van der Waals surface area contributed by atoms with Crippen molar-refractivity contribution in [1.29, 1.82) is 0 Å². The zero-order valence-electron chi connectivity index (χ0n) is 25.2. The first-order chi connectivity index (χ1) is 16.6. The molecule has 36 heavy (non-hydrogen) atoms. The van der Waals surface area contributed by atoms with E-state index in [1.165, 1.54) is 69.8 Å². The molecule has 0 aromatic rings. The summed E-state index contributed by atoms with van der Waals surface area (Å²) < 4.78 is 5.92. The second-order valence-electron chi connectivity index (χ2n) is 16.3. The van der Waals surface area contributed by atoms with Gasteiger partial charge in [0.2, 0.25) is 0 Å². The van der Waals surface area contributed by atoms with Crippen LogP contribution in [0.3, 0.4) is 0 Å². The van der Waals surface area contributed by atoms with Gasteiger partial charge in [0.05, 0.1) is 0 Å². The van der Waals surface area contributed by atoms with Gasteiger partial charge in [0.1, 0.15) is 6.10 Å². The summed E-state index contributed by atoms with van der Waals surface area (Å²) in [4.78, 5) is 11.9. The highest BCUT2D eigenvalue weighted by atomic mass is 16.5. The Hall–Kier alpha value is -0.790. The maximum atomic E-state index is 11.9. The van der Waals surface area contributed by atoms with Crippen molar-refractivity contribution in [3.05, 3.63) is 12.2 Å². The quantitative estimate of drug-likeness (QED) is 0.270. The number of hydrogen-bond acceptors (Lipinski definition) is 2. The van der Waals surface area contributed by atoms with Gasteiger partial charge in [-0.15, -0.1) is 0 Å². The van der Waals surface area contributed by atoms with Crippen LogP contribution < -0.4 is 0 Å². The molecule has 0 amide bonds. The molecule has 5 rings (SSSR count). The van der Waals surface area contributed by atoms with Crippen LogP contribution in [0, 0.1) is 56.2 Å². The largest absolute Gasteiger partial charge is 0.462 e. The maximum Gasteiger partial charge on any atom is 0.302 e. The molecule has 0 N–H and O–H groups in total. The molecule has 0 aromatic heterocycles. The van der Waals surface area contributed by atoms with E-state index in [9.17, 15) is 4.79 Å². The van der Waals surface area contributed by atoms with Gasteiger partial charge in [0.25, 0.3) is 0 Å². The SMILES string of the molecule is C=C(C)C(C)(C)CC[C@@H](C)[C@H]1CC[C@@]2(C)[C@@H]3CC[C@H]4C(C)(C)[C@@H](OC(C)=O)CC[C@@]45C[C@@]35CC[C@]12C. The van der Waals surface area contributed by atoms with Crippen LogP contribution in [-0.4, -0.2) is 12.1 Å².